The molecule has 2 heterocycles. The van der Waals surface area contributed by atoms with Crippen molar-refractivity contribution < 1.29 is 9.53 Å². The van der Waals surface area contributed by atoms with Crippen LogP contribution in [0.2, 0.25) is 0 Å². The average molecular weight is 297 g/mol. The van der Waals surface area contributed by atoms with Crippen molar-refractivity contribution in [1.82, 2.24) is 10.2 Å². The van der Waals surface area contributed by atoms with E-state index in [4.69, 9.17) is 5.73 Å². The predicted octanol–water partition coefficient (Wildman–Crippen LogP) is 1.96. The van der Waals surface area contributed by atoms with Gasteiger partial charge in [-0.1, -0.05) is 13.0 Å². The van der Waals surface area contributed by atoms with Gasteiger partial charge in [-0.2, -0.15) is 0 Å². The molecule has 3 unspecified atom stereocenters. The molecule has 1 aromatic rings. The van der Waals surface area contributed by atoms with Crippen LogP contribution in [-0.4, -0.2) is 43.3 Å². The number of rotatable bonds is 5. The third-order valence-electron chi connectivity index (χ3n) is 3.83. The zero-order chi connectivity index (χ0) is 14.5. The summed E-state index contributed by atoms with van der Waals surface area (Å²) in [5.74, 6) is 0. The molecule has 2 rings (SSSR count). The Kier molecular flexibility index (Phi) is 5.39. The van der Waals surface area contributed by atoms with Crippen molar-refractivity contribution in [2.75, 3.05) is 20.2 Å². The molecule has 1 aliphatic heterocycles. The van der Waals surface area contributed by atoms with Crippen LogP contribution in [0.1, 0.15) is 30.7 Å². The second-order valence-corrected chi connectivity index (χ2v) is 6.13. The highest BCUT2D eigenvalue weighted by Crippen LogP contribution is 2.31. The Labute approximate surface area is 124 Å². The lowest BCUT2D eigenvalue weighted by Gasteiger charge is -2.31. The Bertz CT molecular complexity index is 424. The van der Waals surface area contributed by atoms with E-state index in [9.17, 15) is 4.79 Å². The summed E-state index contributed by atoms with van der Waals surface area (Å²) in [6.45, 7) is 3.89. The van der Waals surface area contributed by atoms with Gasteiger partial charge < -0.3 is 15.8 Å². The van der Waals surface area contributed by atoms with Crippen LogP contribution in [0.5, 0.6) is 0 Å². The minimum Gasteiger partial charge on any atom is -0.453 e. The SMILES string of the molecule is CCC(N)C(c1cccs1)N1CCC(NC(=O)OC)C1. The summed E-state index contributed by atoms with van der Waals surface area (Å²) in [5.41, 5.74) is 6.31. The molecule has 0 spiro atoms. The molecule has 5 nitrogen and oxygen atoms in total. The Morgan fingerprint density at radius 3 is 3.10 bits per heavy atom. The maximum Gasteiger partial charge on any atom is 0.407 e. The summed E-state index contributed by atoms with van der Waals surface area (Å²) in [5, 5.41) is 4.96. The fourth-order valence-electron chi connectivity index (χ4n) is 2.73. The van der Waals surface area contributed by atoms with E-state index in [2.05, 4.69) is 39.4 Å². The number of hydrogen-bond acceptors (Lipinski definition) is 5. The number of hydrogen-bond donors (Lipinski definition) is 2. The number of carbonyl (C=O) groups excluding carboxylic acids is 1. The van der Waals surface area contributed by atoms with Gasteiger partial charge in [-0.3, -0.25) is 4.90 Å². The van der Waals surface area contributed by atoms with Crippen molar-refractivity contribution in [1.29, 1.82) is 0 Å². The van der Waals surface area contributed by atoms with E-state index in [0.29, 0.717) is 0 Å². The molecule has 1 saturated heterocycles. The molecule has 112 valence electrons. The van der Waals surface area contributed by atoms with Crippen LogP contribution in [-0.2, 0) is 4.74 Å². The molecule has 0 aromatic carbocycles. The Hall–Kier alpha value is -1.11. The van der Waals surface area contributed by atoms with Gasteiger partial charge in [0.1, 0.15) is 0 Å². The fourth-order valence-corrected chi connectivity index (χ4v) is 3.66. The van der Waals surface area contributed by atoms with Crippen LogP contribution < -0.4 is 11.1 Å². The van der Waals surface area contributed by atoms with Gasteiger partial charge in [0.25, 0.3) is 0 Å². The van der Waals surface area contributed by atoms with E-state index in [1.807, 2.05) is 0 Å². The van der Waals surface area contributed by atoms with Gasteiger partial charge in [0.2, 0.25) is 0 Å². The molecule has 3 N–H and O–H groups in total. The molecule has 1 fully saturated rings. The second kappa shape index (κ2) is 7.06. The lowest BCUT2D eigenvalue weighted by atomic mass is 10.0. The number of nitrogens with zero attached hydrogens (tertiary/aromatic N) is 1. The predicted molar refractivity (Wildman–Crippen MR) is 80.8 cm³/mol. The smallest absolute Gasteiger partial charge is 0.407 e. The first kappa shape index (κ1) is 15.3. The first-order valence-electron chi connectivity index (χ1n) is 7.03. The molecular weight excluding hydrogens is 274 g/mol. The van der Waals surface area contributed by atoms with Gasteiger partial charge in [0.05, 0.1) is 13.2 Å². The summed E-state index contributed by atoms with van der Waals surface area (Å²) in [4.78, 5) is 15.0. The van der Waals surface area contributed by atoms with Crippen molar-refractivity contribution in [2.45, 2.75) is 37.9 Å². The number of methoxy groups -OCH3 is 1. The molecule has 6 heteroatoms. The summed E-state index contributed by atoms with van der Waals surface area (Å²) in [7, 11) is 1.39. The summed E-state index contributed by atoms with van der Waals surface area (Å²) in [6, 6.07) is 4.71. The molecule has 1 aliphatic rings. The molecule has 1 aromatic heterocycles. The van der Waals surface area contributed by atoms with E-state index in [1.165, 1.54) is 12.0 Å². The van der Waals surface area contributed by atoms with Gasteiger partial charge in [-0.05, 0) is 24.3 Å². The fraction of sp³-hybridized carbons (Fsp3) is 0.643. The zero-order valence-electron chi connectivity index (χ0n) is 12.0. The number of nitrogens with two attached hydrogens (primary N) is 1. The van der Waals surface area contributed by atoms with E-state index >= 15 is 0 Å². The van der Waals surface area contributed by atoms with Gasteiger partial charge >= 0.3 is 6.09 Å². The van der Waals surface area contributed by atoms with Crippen LogP contribution in [0, 0.1) is 0 Å². The number of nitrogens with one attached hydrogen (secondary N) is 1. The highest BCUT2D eigenvalue weighted by atomic mass is 32.1. The first-order valence-corrected chi connectivity index (χ1v) is 7.91. The van der Waals surface area contributed by atoms with Crippen LogP contribution in [0.15, 0.2) is 17.5 Å². The third-order valence-corrected chi connectivity index (χ3v) is 4.78. The first-order chi connectivity index (χ1) is 9.65. The van der Waals surface area contributed by atoms with Crippen molar-refractivity contribution in [3.8, 4) is 0 Å². The lowest BCUT2D eigenvalue weighted by molar-refractivity contribution is 0.164. The molecule has 0 bridgehead atoms. The highest BCUT2D eigenvalue weighted by Gasteiger charge is 2.33. The summed E-state index contributed by atoms with van der Waals surface area (Å²) in [6.07, 6.45) is 1.52. The van der Waals surface area contributed by atoms with Crippen molar-refractivity contribution in [3.05, 3.63) is 22.4 Å². The van der Waals surface area contributed by atoms with Crippen LogP contribution >= 0.6 is 11.3 Å². The number of likely N-dealkylation sites (tertiary alicyclic amines) is 1. The van der Waals surface area contributed by atoms with E-state index in [-0.39, 0.29) is 24.2 Å². The molecular formula is C14H23N3O2S. The average Bonchev–Trinajstić information content (AvgIpc) is 3.11. The summed E-state index contributed by atoms with van der Waals surface area (Å²) < 4.78 is 4.66. The topological polar surface area (TPSA) is 67.6 Å². The maximum atomic E-state index is 11.3. The highest BCUT2D eigenvalue weighted by molar-refractivity contribution is 7.10. The van der Waals surface area contributed by atoms with E-state index in [0.717, 1.165) is 25.9 Å². The number of carbonyl (C=O) groups is 1. The minimum absolute atomic E-state index is 0.116. The maximum absolute atomic E-state index is 11.3. The number of thiophene rings is 1. The molecule has 0 saturated carbocycles. The molecule has 0 aliphatic carbocycles. The monoisotopic (exact) mass is 297 g/mol. The standard InChI is InChI=1S/C14H23N3O2S/c1-3-11(15)13(12-5-4-8-20-12)17-7-6-10(9-17)16-14(18)19-2/h4-5,8,10-11,13H,3,6-7,9,15H2,1-2H3,(H,16,18). The Morgan fingerprint density at radius 1 is 1.70 bits per heavy atom. The zero-order valence-corrected chi connectivity index (χ0v) is 12.9. The Balaban J connectivity index is 2.03. The van der Waals surface area contributed by atoms with E-state index < -0.39 is 0 Å². The van der Waals surface area contributed by atoms with Crippen molar-refractivity contribution in [2.24, 2.45) is 5.73 Å². The minimum atomic E-state index is -0.357. The molecule has 0 radical (unpaired) electrons. The number of amides is 1. The van der Waals surface area contributed by atoms with Gasteiger partial charge in [-0.25, -0.2) is 4.79 Å². The lowest BCUT2D eigenvalue weighted by Crippen LogP contribution is -2.42. The Morgan fingerprint density at radius 2 is 2.50 bits per heavy atom. The van der Waals surface area contributed by atoms with Crippen LogP contribution in [0.3, 0.4) is 0 Å². The van der Waals surface area contributed by atoms with Gasteiger partial charge in [-0.15, -0.1) is 11.3 Å². The van der Waals surface area contributed by atoms with E-state index in [1.54, 1.807) is 11.3 Å². The van der Waals surface area contributed by atoms with Crippen LogP contribution in [0.4, 0.5) is 4.79 Å². The number of ether oxygens (including phenoxy) is 1. The molecule has 1 amide bonds. The number of alkyl carbamates (subject to hydrolysis) is 1. The van der Waals surface area contributed by atoms with Gasteiger partial charge in [0, 0.05) is 30.1 Å². The summed E-state index contributed by atoms with van der Waals surface area (Å²) >= 11 is 1.75. The molecule has 3 atom stereocenters. The van der Waals surface area contributed by atoms with Gasteiger partial charge in [0.15, 0.2) is 0 Å². The van der Waals surface area contributed by atoms with Crippen molar-refractivity contribution in [3.63, 3.8) is 0 Å². The van der Waals surface area contributed by atoms with Crippen molar-refractivity contribution >= 4 is 17.4 Å². The second-order valence-electron chi connectivity index (χ2n) is 5.15. The molecule has 20 heavy (non-hydrogen) atoms. The third kappa shape index (κ3) is 3.50. The van der Waals surface area contributed by atoms with Crippen LogP contribution in [0.25, 0.3) is 0 Å². The largest absolute Gasteiger partial charge is 0.453 e. The quantitative estimate of drug-likeness (QED) is 0.872. The normalized spacial score (nSPS) is 22.4.